The second kappa shape index (κ2) is 4.97. The molecule has 2 aliphatic carbocycles. The minimum Gasteiger partial charge on any atom is -0.404 e. The van der Waals surface area contributed by atoms with Crippen molar-refractivity contribution in [1.82, 2.24) is 0 Å². The second-order valence-corrected chi connectivity index (χ2v) is 8.21. The Kier molecular flexibility index (Phi) is 3.34. The Morgan fingerprint density at radius 2 is 1.96 bits per heavy atom. The predicted molar refractivity (Wildman–Crippen MR) is 94.1 cm³/mol. The molecular weight excluding hydrogens is 283 g/mol. The fraction of sp³-hybridized carbons (Fsp3) is 0.600. The predicted octanol–water partition coefficient (Wildman–Crippen LogP) is 4.82. The Hall–Kier alpha value is -1.06. The highest BCUT2D eigenvalue weighted by atomic mass is 16.7. The molecular formula is C20H27BO2. The first-order valence-corrected chi connectivity index (χ1v) is 8.97. The molecule has 2 nitrogen and oxygen atoms in total. The lowest BCUT2D eigenvalue weighted by Crippen LogP contribution is -2.50. The minimum absolute atomic E-state index is 0.112. The lowest BCUT2D eigenvalue weighted by molar-refractivity contribution is -0.0804. The van der Waals surface area contributed by atoms with E-state index in [1.165, 1.54) is 18.4 Å². The van der Waals surface area contributed by atoms with Gasteiger partial charge in [0.05, 0.1) is 6.10 Å². The monoisotopic (exact) mass is 310 g/mol. The van der Waals surface area contributed by atoms with Crippen molar-refractivity contribution in [3.05, 3.63) is 48.0 Å². The molecule has 4 atom stereocenters. The van der Waals surface area contributed by atoms with Crippen LogP contribution in [0, 0.1) is 16.7 Å². The summed E-state index contributed by atoms with van der Waals surface area (Å²) < 4.78 is 13.3. The molecule has 4 rings (SSSR count). The summed E-state index contributed by atoms with van der Waals surface area (Å²) in [6.07, 6.45) is 7.72. The first-order valence-electron chi connectivity index (χ1n) is 8.97. The highest BCUT2D eigenvalue weighted by molar-refractivity contribution is 6.46. The lowest BCUT2D eigenvalue weighted by atomic mass is 9.61. The molecule has 122 valence electrons. The van der Waals surface area contributed by atoms with Crippen LogP contribution in [0.25, 0.3) is 0 Å². The molecule has 1 aromatic rings. The van der Waals surface area contributed by atoms with Gasteiger partial charge in [-0.15, -0.1) is 0 Å². The third-order valence-electron chi connectivity index (χ3n) is 7.27. The van der Waals surface area contributed by atoms with Gasteiger partial charge in [-0.2, -0.15) is 0 Å². The Morgan fingerprint density at radius 3 is 2.65 bits per heavy atom. The smallest absolute Gasteiger partial charge is 0.404 e. The van der Waals surface area contributed by atoms with Crippen LogP contribution in [0.5, 0.6) is 0 Å². The zero-order valence-electron chi connectivity index (χ0n) is 14.7. The molecule has 3 aliphatic rings. The summed E-state index contributed by atoms with van der Waals surface area (Å²) in [7, 11) is -0.118. The summed E-state index contributed by atoms with van der Waals surface area (Å²) in [4.78, 5) is 0. The summed E-state index contributed by atoms with van der Waals surface area (Å²) in [6.45, 7) is 9.32. The molecule has 0 N–H and O–H groups in total. The summed E-state index contributed by atoms with van der Waals surface area (Å²) >= 11 is 0. The van der Waals surface area contributed by atoms with Crippen LogP contribution in [0.2, 0.25) is 6.32 Å². The molecule has 23 heavy (non-hydrogen) atoms. The number of hydrogen-bond donors (Lipinski definition) is 0. The van der Waals surface area contributed by atoms with Crippen LogP contribution >= 0.6 is 0 Å². The van der Waals surface area contributed by atoms with Crippen LogP contribution in [-0.4, -0.2) is 13.2 Å². The van der Waals surface area contributed by atoms with E-state index in [2.05, 4.69) is 70.2 Å². The molecule has 3 heteroatoms. The fourth-order valence-electron chi connectivity index (χ4n) is 5.70. The van der Waals surface area contributed by atoms with Crippen molar-refractivity contribution in [2.75, 3.05) is 0 Å². The van der Waals surface area contributed by atoms with Crippen molar-refractivity contribution in [2.24, 2.45) is 16.7 Å². The van der Waals surface area contributed by atoms with Gasteiger partial charge in [0.2, 0.25) is 0 Å². The Labute approximate surface area is 140 Å². The standard InChI is InChI=1S/C20H27BO2/c1-5-6-14-21-22-17-16-12-13-19(4,18(16,2)3)20(17,23-21)15-10-8-7-9-11-15/h5-11,16-17H,12-14H2,1-4H3/b6-5+/t16-,17-,19-,20-/m0/s1. The number of allylic oxidation sites excluding steroid dienone is 2. The molecule has 0 unspecified atom stereocenters. The van der Waals surface area contributed by atoms with Crippen LogP contribution in [0.15, 0.2) is 42.5 Å². The van der Waals surface area contributed by atoms with Crippen molar-refractivity contribution in [1.29, 1.82) is 0 Å². The summed E-state index contributed by atoms with van der Waals surface area (Å²) in [5.41, 5.74) is 1.35. The second-order valence-electron chi connectivity index (χ2n) is 8.21. The van der Waals surface area contributed by atoms with E-state index in [-0.39, 0.29) is 29.7 Å². The van der Waals surface area contributed by atoms with Crippen LogP contribution in [0.3, 0.4) is 0 Å². The first-order chi connectivity index (χ1) is 11.0. The summed E-state index contributed by atoms with van der Waals surface area (Å²) in [6, 6.07) is 10.8. The number of fused-ring (bicyclic) bond motifs is 5. The van der Waals surface area contributed by atoms with Crippen molar-refractivity contribution in [3.63, 3.8) is 0 Å². The van der Waals surface area contributed by atoms with Gasteiger partial charge >= 0.3 is 7.12 Å². The maximum atomic E-state index is 6.76. The molecule has 0 spiro atoms. The normalized spacial score (nSPS) is 41.0. The Balaban J connectivity index is 1.84. The number of rotatable bonds is 3. The van der Waals surface area contributed by atoms with Gasteiger partial charge in [-0.1, -0.05) is 63.3 Å². The number of hydrogen-bond acceptors (Lipinski definition) is 2. The molecule has 1 aromatic carbocycles. The van der Waals surface area contributed by atoms with E-state index in [4.69, 9.17) is 9.31 Å². The van der Waals surface area contributed by atoms with E-state index < -0.39 is 0 Å². The van der Waals surface area contributed by atoms with Crippen LogP contribution in [-0.2, 0) is 14.9 Å². The molecule has 2 bridgehead atoms. The van der Waals surface area contributed by atoms with Crippen LogP contribution in [0.4, 0.5) is 0 Å². The number of benzene rings is 1. The molecule has 2 saturated carbocycles. The van der Waals surface area contributed by atoms with Gasteiger partial charge in [0.25, 0.3) is 0 Å². The minimum atomic E-state index is -0.299. The highest BCUT2D eigenvalue weighted by Gasteiger charge is 2.78. The Morgan fingerprint density at radius 1 is 1.22 bits per heavy atom. The van der Waals surface area contributed by atoms with E-state index in [0.717, 1.165) is 6.32 Å². The first kappa shape index (κ1) is 15.5. The van der Waals surface area contributed by atoms with Crippen molar-refractivity contribution in [3.8, 4) is 0 Å². The van der Waals surface area contributed by atoms with E-state index in [9.17, 15) is 0 Å². The van der Waals surface area contributed by atoms with Gasteiger partial charge in [-0.05, 0) is 36.7 Å². The molecule has 0 radical (unpaired) electrons. The SMILES string of the molecule is C/C=C/CB1O[C@H]2[C@@H]3CC[C@@](C)(C3(C)C)[C@@]2(c2ccccc2)O1. The third kappa shape index (κ3) is 1.73. The fourth-order valence-corrected chi connectivity index (χ4v) is 5.70. The molecule has 0 aromatic heterocycles. The maximum absolute atomic E-state index is 6.76. The molecule has 1 heterocycles. The van der Waals surface area contributed by atoms with Gasteiger partial charge in [-0.25, -0.2) is 0 Å². The van der Waals surface area contributed by atoms with Crippen molar-refractivity contribution in [2.45, 2.75) is 58.6 Å². The van der Waals surface area contributed by atoms with E-state index in [1.807, 2.05) is 0 Å². The zero-order valence-corrected chi connectivity index (χ0v) is 14.7. The van der Waals surface area contributed by atoms with Gasteiger partial charge in [0, 0.05) is 11.7 Å². The summed E-state index contributed by atoms with van der Waals surface area (Å²) in [5, 5.41) is 0. The average Bonchev–Trinajstić information content (AvgIpc) is 3.09. The van der Waals surface area contributed by atoms with Gasteiger partial charge < -0.3 is 9.31 Å². The van der Waals surface area contributed by atoms with Crippen LogP contribution < -0.4 is 0 Å². The quantitative estimate of drug-likeness (QED) is 0.589. The van der Waals surface area contributed by atoms with E-state index >= 15 is 0 Å². The molecule has 0 amide bonds. The van der Waals surface area contributed by atoms with Gasteiger partial charge in [0.1, 0.15) is 5.60 Å². The topological polar surface area (TPSA) is 18.5 Å². The summed E-state index contributed by atoms with van der Waals surface area (Å²) in [5.74, 6) is 0.573. The average molecular weight is 310 g/mol. The zero-order chi connectivity index (χ0) is 16.3. The van der Waals surface area contributed by atoms with Gasteiger partial charge in [0.15, 0.2) is 0 Å². The molecule has 3 fully saturated rings. The third-order valence-corrected chi connectivity index (χ3v) is 7.27. The molecule has 1 aliphatic heterocycles. The lowest BCUT2D eigenvalue weighted by Gasteiger charge is -2.48. The molecule has 1 saturated heterocycles. The van der Waals surface area contributed by atoms with Gasteiger partial charge in [-0.3, -0.25) is 0 Å². The van der Waals surface area contributed by atoms with E-state index in [1.54, 1.807) is 0 Å². The van der Waals surface area contributed by atoms with E-state index in [0.29, 0.717) is 5.92 Å². The maximum Gasteiger partial charge on any atom is 0.461 e. The highest BCUT2D eigenvalue weighted by Crippen LogP contribution is 2.76. The largest absolute Gasteiger partial charge is 0.461 e. The van der Waals surface area contributed by atoms with Crippen LogP contribution in [0.1, 0.15) is 46.1 Å². The Bertz CT molecular complexity index is 626. The van der Waals surface area contributed by atoms with Crippen molar-refractivity contribution >= 4 is 7.12 Å². The van der Waals surface area contributed by atoms with Crippen molar-refractivity contribution < 1.29 is 9.31 Å².